The van der Waals surface area contributed by atoms with E-state index in [9.17, 15) is 23.7 Å². The molecule has 0 aromatic heterocycles. The number of hydrogen-bond acceptors (Lipinski definition) is 8. The van der Waals surface area contributed by atoms with Crippen molar-refractivity contribution in [2.24, 2.45) is 0 Å². The third-order valence-corrected chi connectivity index (χ3v) is 4.65. The number of alkyl halides is 2. The Morgan fingerprint density at radius 2 is 1.51 bits per heavy atom. The monoisotopic (exact) mass is 490 g/mol. The molecule has 1 amide bonds. The van der Waals surface area contributed by atoms with E-state index in [-0.39, 0.29) is 17.2 Å². The van der Waals surface area contributed by atoms with Crippen LogP contribution in [0.5, 0.6) is 34.5 Å². The lowest BCUT2D eigenvalue weighted by Crippen LogP contribution is -2.15. The fraction of sp³-hybridized carbons (Fsp3) is 0.174. The van der Waals surface area contributed by atoms with Gasteiger partial charge in [0, 0.05) is 17.8 Å². The quantitative estimate of drug-likeness (QED) is 0.302. The van der Waals surface area contributed by atoms with E-state index < -0.39 is 34.4 Å². The summed E-state index contributed by atoms with van der Waals surface area (Å²) >= 11 is 0. The first kappa shape index (κ1) is 25.0. The van der Waals surface area contributed by atoms with E-state index in [2.05, 4.69) is 10.1 Å². The predicted octanol–water partition coefficient (Wildman–Crippen LogP) is 5.27. The highest BCUT2D eigenvalue weighted by Gasteiger charge is 2.26. The van der Waals surface area contributed by atoms with Crippen molar-refractivity contribution in [2.45, 2.75) is 6.61 Å². The van der Waals surface area contributed by atoms with Gasteiger partial charge in [-0.15, -0.1) is 0 Å². The largest absolute Gasteiger partial charge is 0.497 e. The number of nitro benzene ring substituents is 1. The molecule has 3 rings (SSSR count). The standard InChI is InChI=1S/C23H20F2N2O8/c1-31-14-5-7-15(8-6-14)34-20-10-13(4-9-18(20)32-2)26-22(28)16-11-19(33-3)21(35-23(24)25)12-17(16)27(29)30/h4-12,23H,1-3H3,(H,26,28). The first-order chi connectivity index (χ1) is 16.7. The van der Waals surface area contributed by atoms with Gasteiger partial charge in [-0.1, -0.05) is 0 Å². The lowest BCUT2D eigenvalue weighted by molar-refractivity contribution is -0.385. The molecule has 0 aliphatic rings. The third-order valence-electron chi connectivity index (χ3n) is 4.65. The molecule has 0 atom stereocenters. The van der Waals surface area contributed by atoms with Crippen molar-refractivity contribution < 1.29 is 42.2 Å². The van der Waals surface area contributed by atoms with Gasteiger partial charge in [0.1, 0.15) is 17.1 Å². The minimum Gasteiger partial charge on any atom is -0.497 e. The first-order valence-corrected chi connectivity index (χ1v) is 9.88. The number of rotatable bonds is 10. The average Bonchev–Trinajstić information content (AvgIpc) is 2.84. The van der Waals surface area contributed by atoms with E-state index in [4.69, 9.17) is 18.9 Å². The van der Waals surface area contributed by atoms with E-state index >= 15 is 0 Å². The lowest BCUT2D eigenvalue weighted by Gasteiger charge is -2.14. The van der Waals surface area contributed by atoms with Gasteiger partial charge in [0.05, 0.1) is 32.3 Å². The smallest absolute Gasteiger partial charge is 0.387 e. The molecule has 0 heterocycles. The molecule has 0 fully saturated rings. The molecule has 0 aliphatic heterocycles. The maximum atomic E-state index is 12.9. The molecule has 0 unspecified atom stereocenters. The Morgan fingerprint density at radius 1 is 0.857 bits per heavy atom. The second-order valence-electron chi connectivity index (χ2n) is 6.75. The van der Waals surface area contributed by atoms with Crippen molar-refractivity contribution in [3.63, 3.8) is 0 Å². The summed E-state index contributed by atoms with van der Waals surface area (Å²) in [6.07, 6.45) is 0. The summed E-state index contributed by atoms with van der Waals surface area (Å²) < 4.78 is 50.7. The number of carbonyl (C=O) groups excluding carboxylic acids is 1. The zero-order valence-corrected chi connectivity index (χ0v) is 18.7. The summed E-state index contributed by atoms with van der Waals surface area (Å²) in [4.78, 5) is 23.5. The highest BCUT2D eigenvalue weighted by molar-refractivity contribution is 6.07. The van der Waals surface area contributed by atoms with Crippen LogP contribution in [0.1, 0.15) is 10.4 Å². The molecule has 0 radical (unpaired) electrons. The Labute approximate surface area is 198 Å². The molecule has 0 saturated carbocycles. The normalized spacial score (nSPS) is 10.5. The summed E-state index contributed by atoms with van der Waals surface area (Å²) in [6, 6.07) is 12.9. The number of ether oxygens (including phenoxy) is 5. The van der Waals surface area contributed by atoms with Crippen LogP contribution in [-0.4, -0.2) is 38.8 Å². The number of anilines is 1. The number of amides is 1. The van der Waals surface area contributed by atoms with Gasteiger partial charge >= 0.3 is 6.61 Å². The summed E-state index contributed by atoms with van der Waals surface area (Å²) in [7, 11) is 4.12. The van der Waals surface area contributed by atoms with E-state index in [0.717, 1.165) is 13.2 Å². The van der Waals surface area contributed by atoms with Gasteiger partial charge in [0.2, 0.25) is 0 Å². The van der Waals surface area contributed by atoms with Gasteiger partial charge in [-0.05, 0) is 36.4 Å². The van der Waals surface area contributed by atoms with Crippen LogP contribution in [0.25, 0.3) is 0 Å². The average molecular weight is 490 g/mol. The van der Waals surface area contributed by atoms with Gasteiger partial charge in [-0.25, -0.2) is 0 Å². The number of nitro groups is 1. The highest BCUT2D eigenvalue weighted by atomic mass is 19.3. The van der Waals surface area contributed by atoms with Crippen molar-refractivity contribution in [3.8, 4) is 34.5 Å². The zero-order chi connectivity index (χ0) is 25.5. The van der Waals surface area contributed by atoms with E-state index in [1.54, 1.807) is 24.3 Å². The third kappa shape index (κ3) is 6.05. The van der Waals surface area contributed by atoms with Crippen LogP contribution in [0.2, 0.25) is 0 Å². The molecule has 3 aromatic carbocycles. The van der Waals surface area contributed by atoms with Crippen molar-refractivity contribution >= 4 is 17.3 Å². The van der Waals surface area contributed by atoms with Crippen molar-refractivity contribution in [3.05, 3.63) is 70.3 Å². The van der Waals surface area contributed by atoms with E-state index in [1.807, 2.05) is 0 Å². The minimum atomic E-state index is -3.24. The lowest BCUT2D eigenvalue weighted by atomic mass is 10.1. The predicted molar refractivity (Wildman–Crippen MR) is 120 cm³/mol. The van der Waals surface area contributed by atoms with Crippen LogP contribution in [-0.2, 0) is 0 Å². The number of methoxy groups -OCH3 is 3. The van der Waals surface area contributed by atoms with Gasteiger partial charge in [-0.3, -0.25) is 14.9 Å². The Bertz CT molecular complexity index is 1220. The van der Waals surface area contributed by atoms with Gasteiger partial charge in [-0.2, -0.15) is 8.78 Å². The Kier molecular flexibility index (Phi) is 7.87. The maximum absolute atomic E-state index is 12.9. The molecule has 10 nitrogen and oxygen atoms in total. The maximum Gasteiger partial charge on any atom is 0.387 e. The Hall–Kier alpha value is -4.61. The number of carbonyl (C=O) groups is 1. The van der Waals surface area contributed by atoms with Gasteiger partial charge in [0.15, 0.2) is 23.0 Å². The fourth-order valence-electron chi connectivity index (χ4n) is 3.03. The van der Waals surface area contributed by atoms with Crippen molar-refractivity contribution in [1.82, 2.24) is 0 Å². The fourth-order valence-corrected chi connectivity index (χ4v) is 3.03. The minimum absolute atomic E-state index is 0.223. The number of halogens is 2. The number of benzene rings is 3. The van der Waals surface area contributed by atoms with Crippen molar-refractivity contribution in [2.75, 3.05) is 26.6 Å². The molecule has 184 valence electrons. The molecule has 12 heteroatoms. The van der Waals surface area contributed by atoms with Crippen molar-refractivity contribution in [1.29, 1.82) is 0 Å². The second kappa shape index (κ2) is 11.0. The molecular formula is C23H20F2N2O8. The summed E-state index contributed by atoms with van der Waals surface area (Å²) in [5.41, 5.74) is -0.954. The molecule has 0 saturated heterocycles. The van der Waals surface area contributed by atoms with Crippen LogP contribution in [0, 0.1) is 10.1 Å². The number of nitrogens with one attached hydrogen (secondary N) is 1. The molecule has 0 aliphatic carbocycles. The molecule has 0 spiro atoms. The van der Waals surface area contributed by atoms with Crippen LogP contribution >= 0.6 is 0 Å². The molecular weight excluding hydrogens is 470 g/mol. The van der Waals surface area contributed by atoms with Crippen LogP contribution < -0.4 is 29.0 Å². The Balaban J connectivity index is 1.91. The molecule has 35 heavy (non-hydrogen) atoms. The molecule has 3 aromatic rings. The van der Waals surface area contributed by atoms with Crippen LogP contribution in [0.15, 0.2) is 54.6 Å². The molecule has 1 N–H and O–H groups in total. The SMILES string of the molecule is COc1ccc(Oc2cc(NC(=O)c3cc(OC)c(OC(F)F)cc3[N+](=O)[O-])ccc2OC)cc1. The summed E-state index contributed by atoms with van der Waals surface area (Å²) in [6.45, 7) is -3.24. The van der Waals surface area contributed by atoms with Gasteiger partial charge < -0.3 is 29.0 Å². The molecule has 0 bridgehead atoms. The van der Waals surface area contributed by atoms with Gasteiger partial charge in [0.25, 0.3) is 11.6 Å². The zero-order valence-electron chi connectivity index (χ0n) is 18.7. The van der Waals surface area contributed by atoms with E-state index in [0.29, 0.717) is 23.3 Å². The number of hydrogen-bond donors (Lipinski definition) is 1. The topological polar surface area (TPSA) is 118 Å². The second-order valence-corrected chi connectivity index (χ2v) is 6.75. The van der Waals surface area contributed by atoms with Crippen LogP contribution in [0.4, 0.5) is 20.2 Å². The summed E-state index contributed by atoms with van der Waals surface area (Å²) in [5, 5.41) is 14.0. The Morgan fingerprint density at radius 3 is 2.09 bits per heavy atom. The highest BCUT2D eigenvalue weighted by Crippen LogP contribution is 2.37. The van der Waals surface area contributed by atoms with E-state index in [1.165, 1.54) is 32.4 Å². The number of nitrogens with zero attached hydrogens (tertiary/aromatic N) is 1. The first-order valence-electron chi connectivity index (χ1n) is 9.88. The van der Waals surface area contributed by atoms with Crippen LogP contribution in [0.3, 0.4) is 0 Å². The summed E-state index contributed by atoms with van der Waals surface area (Å²) in [5.74, 6) is -0.0399.